The highest BCUT2D eigenvalue weighted by Gasteiger charge is 2.22. The summed E-state index contributed by atoms with van der Waals surface area (Å²) in [5, 5.41) is 0. The Morgan fingerprint density at radius 2 is 0.719 bits per heavy atom. The van der Waals surface area contributed by atoms with Gasteiger partial charge in [-0.1, -0.05) is 84.9 Å². The highest BCUT2D eigenvalue weighted by Crippen LogP contribution is 2.42. The second kappa shape index (κ2) is 9.60. The van der Waals surface area contributed by atoms with Gasteiger partial charge in [0.05, 0.1) is 0 Å². The van der Waals surface area contributed by atoms with Crippen molar-refractivity contribution in [1.82, 2.24) is 0 Å². The van der Waals surface area contributed by atoms with Gasteiger partial charge in [0.15, 0.2) is 0 Å². The largest absolute Gasteiger partial charge is 0.115 e. The van der Waals surface area contributed by atoms with Gasteiger partial charge in [0, 0.05) is 19.3 Å². The third kappa shape index (κ3) is 5.49. The molecule has 0 N–H and O–H groups in total. The molecule has 4 rings (SSSR count). The van der Waals surface area contributed by atoms with E-state index in [0.717, 1.165) is 0 Å². The molecule has 2 heteroatoms. The summed E-state index contributed by atoms with van der Waals surface area (Å²) in [5.74, 6) is 0. The van der Waals surface area contributed by atoms with E-state index in [0.29, 0.717) is 0 Å². The molecule has 0 spiro atoms. The van der Waals surface area contributed by atoms with E-state index in [1.807, 2.05) is 23.5 Å². The third-order valence-corrected chi connectivity index (χ3v) is 8.23. The fraction of sp³-hybridized carbons (Fsp3) is 0.200. The van der Waals surface area contributed by atoms with Crippen LogP contribution in [0.5, 0.6) is 0 Å². The zero-order valence-electron chi connectivity index (χ0n) is 19.2. The van der Waals surface area contributed by atoms with Crippen molar-refractivity contribution in [1.29, 1.82) is 0 Å². The van der Waals surface area contributed by atoms with Crippen LogP contribution in [0.3, 0.4) is 0 Å². The van der Waals surface area contributed by atoms with Crippen molar-refractivity contribution in [2.45, 2.75) is 47.0 Å². The zero-order chi connectivity index (χ0) is 22.6. The summed E-state index contributed by atoms with van der Waals surface area (Å²) in [5.41, 5.74) is 5.21. The minimum atomic E-state index is 0.0349. The first-order valence-corrected chi connectivity index (χ1v) is 12.7. The second-order valence-electron chi connectivity index (χ2n) is 9.01. The van der Waals surface area contributed by atoms with Crippen molar-refractivity contribution in [3.05, 3.63) is 120 Å². The van der Waals surface area contributed by atoms with Crippen LogP contribution in [0, 0.1) is 0 Å². The lowest BCUT2D eigenvalue weighted by molar-refractivity contribution is 0.782. The zero-order valence-corrected chi connectivity index (χ0v) is 20.8. The highest BCUT2D eigenvalue weighted by atomic mass is 32.2. The third-order valence-electron chi connectivity index (χ3n) is 5.73. The van der Waals surface area contributed by atoms with E-state index in [9.17, 15) is 0 Å². The molecule has 0 atom stereocenters. The quantitative estimate of drug-likeness (QED) is 0.255. The monoisotopic (exact) mass is 454 g/mol. The average molecular weight is 455 g/mol. The first-order chi connectivity index (χ1) is 15.3. The Kier molecular flexibility index (Phi) is 6.83. The maximum absolute atomic E-state index is 2.29. The molecule has 0 saturated heterocycles. The summed E-state index contributed by atoms with van der Waals surface area (Å²) in [6.07, 6.45) is 0. The fourth-order valence-electron chi connectivity index (χ4n) is 3.82. The van der Waals surface area contributed by atoms with Crippen LogP contribution in [-0.4, -0.2) is 0 Å². The second-order valence-corrected chi connectivity index (χ2v) is 12.4. The minimum Gasteiger partial charge on any atom is -0.115 e. The van der Waals surface area contributed by atoms with Crippen molar-refractivity contribution in [3.8, 4) is 11.1 Å². The standard InChI is InChI=1S/C30H30S2/c1-29(2,25-11-7-5-8-12-25)31-27-19-15-23(16-20-27)24-17-21-28(22-18-24)32-30(3,4)26-13-9-6-10-14-26/h5-22H,1-4H3. The van der Waals surface area contributed by atoms with Crippen LogP contribution < -0.4 is 0 Å². The summed E-state index contributed by atoms with van der Waals surface area (Å²) in [7, 11) is 0. The van der Waals surface area contributed by atoms with Gasteiger partial charge in [0.25, 0.3) is 0 Å². The molecule has 0 bridgehead atoms. The summed E-state index contributed by atoms with van der Waals surface area (Å²) >= 11 is 3.81. The Bertz CT molecular complexity index is 1030. The molecular weight excluding hydrogens is 424 g/mol. The molecule has 0 unspecified atom stereocenters. The van der Waals surface area contributed by atoms with Gasteiger partial charge in [0.2, 0.25) is 0 Å². The highest BCUT2D eigenvalue weighted by molar-refractivity contribution is 8.00. The molecule has 0 heterocycles. The smallest absolute Gasteiger partial charge is 0.0399 e. The first-order valence-electron chi connectivity index (χ1n) is 11.0. The number of thioether (sulfide) groups is 2. The van der Waals surface area contributed by atoms with E-state index < -0.39 is 0 Å². The molecule has 0 aliphatic carbocycles. The van der Waals surface area contributed by atoms with Gasteiger partial charge >= 0.3 is 0 Å². The van der Waals surface area contributed by atoms with Gasteiger partial charge in [-0.15, -0.1) is 23.5 Å². The van der Waals surface area contributed by atoms with E-state index in [-0.39, 0.29) is 9.49 Å². The van der Waals surface area contributed by atoms with Gasteiger partial charge in [0.1, 0.15) is 0 Å². The molecule has 4 aromatic carbocycles. The van der Waals surface area contributed by atoms with Gasteiger partial charge < -0.3 is 0 Å². The maximum Gasteiger partial charge on any atom is 0.0399 e. The van der Waals surface area contributed by atoms with Crippen LogP contribution in [-0.2, 0) is 9.49 Å². The van der Waals surface area contributed by atoms with E-state index in [4.69, 9.17) is 0 Å². The molecule has 0 aliphatic rings. The van der Waals surface area contributed by atoms with E-state index in [2.05, 4.69) is 137 Å². The lowest BCUT2D eigenvalue weighted by Gasteiger charge is -2.25. The SMILES string of the molecule is CC(C)(Sc1ccc(-c2ccc(SC(C)(C)c3ccccc3)cc2)cc1)c1ccccc1. The Morgan fingerprint density at radius 3 is 1.03 bits per heavy atom. The predicted molar refractivity (Wildman–Crippen MR) is 143 cm³/mol. The number of rotatable bonds is 7. The van der Waals surface area contributed by atoms with Crippen molar-refractivity contribution in [2.24, 2.45) is 0 Å². The molecule has 0 fully saturated rings. The average Bonchev–Trinajstić information content (AvgIpc) is 2.81. The van der Waals surface area contributed by atoms with Crippen LogP contribution in [0.15, 0.2) is 119 Å². The molecule has 32 heavy (non-hydrogen) atoms. The van der Waals surface area contributed by atoms with Gasteiger partial charge in [-0.05, 0) is 74.2 Å². The van der Waals surface area contributed by atoms with Crippen molar-refractivity contribution >= 4 is 23.5 Å². The molecule has 0 aliphatic heterocycles. The van der Waals surface area contributed by atoms with Gasteiger partial charge in [-0.25, -0.2) is 0 Å². The topological polar surface area (TPSA) is 0 Å². The van der Waals surface area contributed by atoms with Gasteiger partial charge in [-0.2, -0.15) is 0 Å². The Hall–Kier alpha value is -2.42. The van der Waals surface area contributed by atoms with Crippen molar-refractivity contribution in [2.75, 3.05) is 0 Å². The molecule has 162 valence electrons. The Morgan fingerprint density at radius 1 is 0.406 bits per heavy atom. The van der Waals surface area contributed by atoms with Gasteiger partial charge in [-0.3, -0.25) is 0 Å². The van der Waals surface area contributed by atoms with Crippen molar-refractivity contribution in [3.63, 3.8) is 0 Å². The maximum atomic E-state index is 2.29. The fourth-order valence-corrected chi connectivity index (χ4v) is 6.05. The molecule has 4 aromatic rings. The van der Waals surface area contributed by atoms with Crippen LogP contribution in [0.2, 0.25) is 0 Å². The van der Waals surface area contributed by atoms with Crippen LogP contribution in [0.25, 0.3) is 11.1 Å². The van der Waals surface area contributed by atoms with E-state index in [1.165, 1.54) is 32.0 Å². The predicted octanol–water partition coefficient (Wildman–Crippen LogP) is 9.41. The Labute approximate surface area is 201 Å². The number of hydrogen-bond donors (Lipinski definition) is 0. The van der Waals surface area contributed by atoms with E-state index in [1.54, 1.807) is 0 Å². The normalized spacial score (nSPS) is 12.0. The lowest BCUT2D eigenvalue weighted by Crippen LogP contribution is -2.11. The molecule has 0 amide bonds. The first kappa shape index (κ1) is 22.8. The van der Waals surface area contributed by atoms with Crippen LogP contribution in [0.4, 0.5) is 0 Å². The number of benzene rings is 4. The van der Waals surface area contributed by atoms with Crippen molar-refractivity contribution < 1.29 is 0 Å². The van der Waals surface area contributed by atoms with Crippen LogP contribution >= 0.6 is 23.5 Å². The van der Waals surface area contributed by atoms with E-state index >= 15 is 0 Å². The summed E-state index contributed by atoms with van der Waals surface area (Å²) in [6.45, 7) is 9.14. The van der Waals surface area contributed by atoms with Crippen LogP contribution in [0.1, 0.15) is 38.8 Å². The molecule has 0 aromatic heterocycles. The summed E-state index contributed by atoms with van der Waals surface area (Å²) < 4.78 is 0.0699. The summed E-state index contributed by atoms with van der Waals surface area (Å²) in [6, 6.07) is 39.4. The molecule has 0 saturated carbocycles. The molecule has 0 nitrogen and oxygen atoms in total. The summed E-state index contributed by atoms with van der Waals surface area (Å²) in [4.78, 5) is 2.58. The Balaban J connectivity index is 1.44. The number of hydrogen-bond acceptors (Lipinski definition) is 2. The molecule has 0 radical (unpaired) electrons. The molecular formula is C30H30S2. The minimum absolute atomic E-state index is 0.0349. The lowest BCUT2D eigenvalue weighted by atomic mass is 10.0.